The second-order valence-corrected chi connectivity index (χ2v) is 9.96. The first-order valence-electron chi connectivity index (χ1n) is 9.85. The van der Waals surface area contributed by atoms with Crippen molar-refractivity contribution in [3.8, 4) is 0 Å². The van der Waals surface area contributed by atoms with E-state index >= 15 is 0 Å². The minimum Gasteiger partial charge on any atom is -0.325 e. The van der Waals surface area contributed by atoms with Crippen LogP contribution in [0.5, 0.6) is 0 Å². The maximum Gasteiger partial charge on any atom is 0.417 e. The quantitative estimate of drug-likeness (QED) is 0.691. The molecular formula is C21H23ClF3N3O3S. The topological polar surface area (TPSA) is 69.7 Å². The van der Waals surface area contributed by atoms with Gasteiger partial charge in [-0.3, -0.25) is 9.69 Å². The lowest BCUT2D eigenvalue weighted by Gasteiger charge is -2.33. The molecule has 6 nitrogen and oxygen atoms in total. The standard InChI is InChI=1S/C21H23ClF3N3O3S/c1-14-4-3-5-19(15(14)2)26-20(29)13-27-8-10-28(11-9-27)32(30,31)16-6-7-18(22)17(12-16)21(23,24)25/h3-7,12H,8-11,13H2,1-2H3,(H,26,29). The molecule has 3 rings (SSSR count). The lowest BCUT2D eigenvalue weighted by molar-refractivity contribution is -0.137. The first kappa shape index (κ1) is 24.5. The molecule has 1 aliphatic rings. The van der Waals surface area contributed by atoms with E-state index in [1.807, 2.05) is 32.0 Å². The third-order valence-electron chi connectivity index (χ3n) is 5.46. The molecular weight excluding hydrogens is 467 g/mol. The molecule has 1 amide bonds. The molecule has 1 saturated heterocycles. The predicted octanol–water partition coefficient (Wildman–Crippen LogP) is 3.92. The molecule has 0 unspecified atom stereocenters. The minimum atomic E-state index is -4.76. The Bertz CT molecular complexity index is 1120. The van der Waals surface area contributed by atoms with E-state index in [4.69, 9.17) is 11.6 Å². The fourth-order valence-corrected chi connectivity index (χ4v) is 5.11. The highest BCUT2D eigenvalue weighted by molar-refractivity contribution is 7.89. The lowest BCUT2D eigenvalue weighted by Crippen LogP contribution is -2.50. The van der Waals surface area contributed by atoms with Gasteiger partial charge in [0.1, 0.15) is 0 Å². The highest BCUT2D eigenvalue weighted by Gasteiger charge is 2.36. The van der Waals surface area contributed by atoms with Gasteiger partial charge in [-0.05, 0) is 49.2 Å². The Morgan fingerprint density at radius 1 is 1.09 bits per heavy atom. The Morgan fingerprint density at radius 2 is 1.75 bits per heavy atom. The molecule has 0 aliphatic carbocycles. The number of anilines is 1. The van der Waals surface area contributed by atoms with E-state index in [1.54, 1.807) is 4.90 Å². The second kappa shape index (κ2) is 9.38. The van der Waals surface area contributed by atoms with Crippen LogP contribution in [0.25, 0.3) is 0 Å². The van der Waals surface area contributed by atoms with Crippen molar-refractivity contribution < 1.29 is 26.4 Å². The molecule has 1 N–H and O–H groups in total. The number of halogens is 4. The van der Waals surface area contributed by atoms with Crippen LogP contribution in [-0.2, 0) is 21.0 Å². The molecule has 1 aliphatic heterocycles. The van der Waals surface area contributed by atoms with Gasteiger partial charge in [-0.1, -0.05) is 23.7 Å². The number of carbonyl (C=O) groups excluding carboxylic acids is 1. The van der Waals surface area contributed by atoms with Crippen LogP contribution in [0.3, 0.4) is 0 Å². The summed E-state index contributed by atoms with van der Waals surface area (Å²) < 4.78 is 66.1. The van der Waals surface area contributed by atoms with Crippen molar-refractivity contribution in [1.29, 1.82) is 0 Å². The van der Waals surface area contributed by atoms with E-state index in [0.29, 0.717) is 6.07 Å². The summed E-state index contributed by atoms with van der Waals surface area (Å²) in [6.45, 7) is 4.61. The zero-order valence-corrected chi connectivity index (χ0v) is 19.1. The predicted molar refractivity (Wildman–Crippen MR) is 116 cm³/mol. The summed E-state index contributed by atoms with van der Waals surface area (Å²) in [7, 11) is -4.12. The summed E-state index contributed by atoms with van der Waals surface area (Å²) in [5.74, 6) is -0.220. The summed E-state index contributed by atoms with van der Waals surface area (Å²) >= 11 is 5.59. The molecule has 0 spiro atoms. The van der Waals surface area contributed by atoms with Crippen LogP contribution in [-0.4, -0.2) is 56.3 Å². The Kier molecular flexibility index (Phi) is 7.18. The van der Waals surface area contributed by atoms with Gasteiger partial charge in [0.2, 0.25) is 15.9 Å². The van der Waals surface area contributed by atoms with Crippen molar-refractivity contribution in [2.45, 2.75) is 24.9 Å². The largest absolute Gasteiger partial charge is 0.417 e. The van der Waals surface area contributed by atoms with Crippen LogP contribution < -0.4 is 5.32 Å². The van der Waals surface area contributed by atoms with E-state index < -0.39 is 31.7 Å². The van der Waals surface area contributed by atoms with Crippen molar-refractivity contribution in [2.75, 3.05) is 38.0 Å². The number of nitrogens with one attached hydrogen (secondary N) is 1. The summed E-state index contributed by atoms with van der Waals surface area (Å²) in [5.41, 5.74) is 1.55. The number of alkyl halides is 3. The third-order valence-corrected chi connectivity index (χ3v) is 7.68. The maximum absolute atomic E-state index is 13.1. The number of sulfonamides is 1. The zero-order valence-electron chi connectivity index (χ0n) is 17.5. The first-order chi connectivity index (χ1) is 14.9. The number of hydrogen-bond donors (Lipinski definition) is 1. The number of nitrogens with zero attached hydrogens (tertiary/aromatic N) is 2. The normalized spacial score (nSPS) is 16.2. The van der Waals surface area contributed by atoms with Crippen LogP contribution in [0.15, 0.2) is 41.3 Å². The number of benzene rings is 2. The van der Waals surface area contributed by atoms with Gasteiger partial charge in [0.25, 0.3) is 0 Å². The van der Waals surface area contributed by atoms with Crippen molar-refractivity contribution >= 4 is 33.2 Å². The van der Waals surface area contributed by atoms with Gasteiger partial charge >= 0.3 is 6.18 Å². The number of aryl methyl sites for hydroxylation is 1. The minimum absolute atomic E-state index is 0.0586. The average molecular weight is 490 g/mol. The lowest BCUT2D eigenvalue weighted by atomic mass is 10.1. The molecule has 32 heavy (non-hydrogen) atoms. The van der Waals surface area contributed by atoms with E-state index in [0.717, 1.165) is 33.3 Å². The fourth-order valence-electron chi connectivity index (χ4n) is 3.44. The third kappa shape index (κ3) is 5.43. The smallest absolute Gasteiger partial charge is 0.325 e. The fraction of sp³-hybridized carbons (Fsp3) is 0.381. The van der Waals surface area contributed by atoms with Crippen molar-refractivity contribution in [1.82, 2.24) is 9.21 Å². The summed E-state index contributed by atoms with van der Waals surface area (Å²) in [5, 5.41) is 2.30. The number of carbonyl (C=O) groups is 1. The van der Waals surface area contributed by atoms with E-state index in [-0.39, 0.29) is 38.6 Å². The highest BCUT2D eigenvalue weighted by atomic mass is 35.5. The SMILES string of the molecule is Cc1cccc(NC(=O)CN2CCN(S(=O)(=O)c3ccc(Cl)c(C(F)(F)F)c3)CC2)c1C. The molecule has 174 valence electrons. The van der Waals surface area contributed by atoms with E-state index in [2.05, 4.69) is 5.32 Å². The summed E-state index contributed by atoms with van der Waals surface area (Å²) in [4.78, 5) is 13.7. The van der Waals surface area contributed by atoms with Crippen molar-refractivity contribution in [3.63, 3.8) is 0 Å². The van der Waals surface area contributed by atoms with Crippen LogP contribution in [0.4, 0.5) is 18.9 Å². The number of hydrogen-bond acceptors (Lipinski definition) is 4. The Morgan fingerprint density at radius 3 is 2.38 bits per heavy atom. The number of amides is 1. The van der Waals surface area contributed by atoms with E-state index in [1.165, 1.54) is 0 Å². The molecule has 0 radical (unpaired) electrons. The van der Waals surface area contributed by atoms with Crippen LogP contribution in [0.1, 0.15) is 16.7 Å². The zero-order chi connectivity index (χ0) is 23.7. The number of rotatable bonds is 5. The molecule has 0 bridgehead atoms. The average Bonchev–Trinajstić information content (AvgIpc) is 2.71. The Labute approximate surface area is 190 Å². The second-order valence-electron chi connectivity index (χ2n) is 7.62. The molecule has 0 saturated carbocycles. The number of piperazine rings is 1. The van der Waals surface area contributed by atoms with Crippen molar-refractivity contribution in [3.05, 3.63) is 58.1 Å². The van der Waals surface area contributed by atoms with Gasteiger partial charge in [-0.2, -0.15) is 17.5 Å². The molecule has 11 heteroatoms. The van der Waals surface area contributed by atoms with Crippen LogP contribution >= 0.6 is 11.6 Å². The first-order valence-corrected chi connectivity index (χ1v) is 11.7. The molecule has 1 fully saturated rings. The van der Waals surface area contributed by atoms with Crippen LogP contribution in [0.2, 0.25) is 5.02 Å². The van der Waals surface area contributed by atoms with Gasteiger partial charge in [-0.15, -0.1) is 0 Å². The Hall–Kier alpha value is -2.14. The highest BCUT2D eigenvalue weighted by Crippen LogP contribution is 2.36. The summed E-state index contributed by atoms with van der Waals surface area (Å²) in [6, 6.07) is 8.17. The molecule has 2 aromatic carbocycles. The Balaban J connectivity index is 1.63. The van der Waals surface area contributed by atoms with Gasteiger partial charge in [0.05, 0.1) is 22.0 Å². The van der Waals surface area contributed by atoms with Gasteiger partial charge in [0.15, 0.2) is 0 Å². The monoisotopic (exact) mass is 489 g/mol. The molecule has 0 atom stereocenters. The van der Waals surface area contributed by atoms with Gasteiger partial charge in [-0.25, -0.2) is 8.42 Å². The van der Waals surface area contributed by atoms with Gasteiger partial charge in [0, 0.05) is 31.9 Å². The van der Waals surface area contributed by atoms with Crippen LogP contribution in [0, 0.1) is 13.8 Å². The van der Waals surface area contributed by atoms with Crippen molar-refractivity contribution in [2.24, 2.45) is 0 Å². The maximum atomic E-state index is 13.1. The van der Waals surface area contributed by atoms with E-state index in [9.17, 15) is 26.4 Å². The molecule has 1 heterocycles. The van der Waals surface area contributed by atoms with Gasteiger partial charge < -0.3 is 5.32 Å². The summed E-state index contributed by atoms with van der Waals surface area (Å²) in [6.07, 6.45) is -4.76. The molecule has 2 aromatic rings. The molecule has 0 aromatic heterocycles.